The standard InChI is InChI=1S/C22H24N4O5S/c27-20-15-25(12-10-23-20)22(29)18-4-2-16(3-5-18)14-24-21(28)17-6-8-19(9-7-17)26-11-1-13-32(26,30)31/h2-9H,1,10-15H2,(H,23,27)(H,24,28). The molecule has 3 amide bonds. The van der Waals surface area contributed by atoms with E-state index in [1.807, 2.05) is 0 Å². The molecule has 2 aliphatic heterocycles. The van der Waals surface area contributed by atoms with Crippen molar-refractivity contribution in [1.29, 1.82) is 0 Å². The Bertz CT molecular complexity index is 1130. The minimum atomic E-state index is -3.25. The molecule has 0 spiro atoms. The molecule has 2 heterocycles. The van der Waals surface area contributed by atoms with Gasteiger partial charge in [0.15, 0.2) is 0 Å². The molecule has 2 saturated heterocycles. The summed E-state index contributed by atoms with van der Waals surface area (Å²) in [6.07, 6.45) is 0.600. The summed E-state index contributed by atoms with van der Waals surface area (Å²) in [6, 6.07) is 13.4. The van der Waals surface area contributed by atoms with Gasteiger partial charge >= 0.3 is 0 Å². The van der Waals surface area contributed by atoms with Gasteiger partial charge in [0.05, 0.1) is 18.0 Å². The van der Waals surface area contributed by atoms with E-state index >= 15 is 0 Å². The number of benzene rings is 2. The van der Waals surface area contributed by atoms with Crippen LogP contribution in [-0.2, 0) is 21.4 Å². The highest BCUT2D eigenvalue weighted by Gasteiger charge is 2.28. The lowest BCUT2D eigenvalue weighted by atomic mass is 10.1. The summed E-state index contributed by atoms with van der Waals surface area (Å²) >= 11 is 0. The Morgan fingerprint density at radius 3 is 2.28 bits per heavy atom. The second kappa shape index (κ2) is 8.99. The third kappa shape index (κ3) is 4.75. The summed E-state index contributed by atoms with van der Waals surface area (Å²) in [5.74, 6) is -0.498. The largest absolute Gasteiger partial charge is 0.353 e. The van der Waals surface area contributed by atoms with E-state index in [1.54, 1.807) is 48.5 Å². The summed E-state index contributed by atoms with van der Waals surface area (Å²) in [5, 5.41) is 5.51. The van der Waals surface area contributed by atoms with Crippen LogP contribution in [0.5, 0.6) is 0 Å². The number of rotatable bonds is 5. The van der Waals surface area contributed by atoms with E-state index in [9.17, 15) is 22.8 Å². The number of carbonyl (C=O) groups excluding carboxylic acids is 3. The molecule has 2 aliphatic rings. The Hall–Kier alpha value is -3.40. The molecule has 10 heteroatoms. The van der Waals surface area contributed by atoms with Crippen molar-refractivity contribution in [2.75, 3.05) is 36.2 Å². The Labute approximate surface area is 186 Å². The van der Waals surface area contributed by atoms with Gasteiger partial charge in [-0.05, 0) is 48.4 Å². The summed E-state index contributed by atoms with van der Waals surface area (Å²) in [6.45, 7) is 1.71. The van der Waals surface area contributed by atoms with Gasteiger partial charge in [-0.2, -0.15) is 0 Å². The average molecular weight is 457 g/mol. The fraction of sp³-hybridized carbons (Fsp3) is 0.318. The van der Waals surface area contributed by atoms with Crippen molar-refractivity contribution in [3.05, 3.63) is 65.2 Å². The molecule has 0 unspecified atom stereocenters. The fourth-order valence-electron chi connectivity index (χ4n) is 3.75. The minimum absolute atomic E-state index is 0.0547. The van der Waals surface area contributed by atoms with Crippen molar-refractivity contribution in [3.63, 3.8) is 0 Å². The molecule has 2 fully saturated rings. The van der Waals surface area contributed by atoms with E-state index in [1.165, 1.54) is 9.21 Å². The number of nitrogens with zero attached hydrogens (tertiary/aromatic N) is 2. The first-order chi connectivity index (χ1) is 15.3. The zero-order valence-corrected chi connectivity index (χ0v) is 18.2. The third-order valence-electron chi connectivity index (χ3n) is 5.50. The van der Waals surface area contributed by atoms with Gasteiger partial charge < -0.3 is 15.5 Å². The van der Waals surface area contributed by atoms with Crippen LogP contribution >= 0.6 is 0 Å². The second-order valence-electron chi connectivity index (χ2n) is 7.74. The van der Waals surface area contributed by atoms with Gasteiger partial charge in [0.1, 0.15) is 0 Å². The van der Waals surface area contributed by atoms with Crippen LogP contribution in [-0.4, -0.2) is 63.0 Å². The number of nitrogens with one attached hydrogen (secondary N) is 2. The van der Waals surface area contributed by atoms with E-state index in [0.29, 0.717) is 42.9 Å². The topological polar surface area (TPSA) is 116 Å². The van der Waals surface area contributed by atoms with E-state index in [0.717, 1.165) is 5.56 Å². The highest BCUT2D eigenvalue weighted by molar-refractivity contribution is 7.93. The van der Waals surface area contributed by atoms with Gasteiger partial charge in [-0.15, -0.1) is 0 Å². The maximum absolute atomic E-state index is 12.5. The zero-order valence-electron chi connectivity index (χ0n) is 17.4. The number of sulfonamides is 1. The molecule has 9 nitrogen and oxygen atoms in total. The number of hydrogen-bond acceptors (Lipinski definition) is 5. The van der Waals surface area contributed by atoms with Crippen molar-refractivity contribution >= 4 is 33.4 Å². The van der Waals surface area contributed by atoms with Crippen molar-refractivity contribution in [1.82, 2.24) is 15.5 Å². The van der Waals surface area contributed by atoms with Crippen molar-refractivity contribution in [2.24, 2.45) is 0 Å². The summed E-state index contributed by atoms with van der Waals surface area (Å²) in [5.41, 5.74) is 2.30. The van der Waals surface area contributed by atoms with Crippen LogP contribution in [0.15, 0.2) is 48.5 Å². The van der Waals surface area contributed by atoms with Crippen LogP contribution in [0, 0.1) is 0 Å². The number of hydrogen-bond donors (Lipinski definition) is 2. The van der Waals surface area contributed by atoms with Crippen LogP contribution in [0.4, 0.5) is 5.69 Å². The van der Waals surface area contributed by atoms with E-state index in [4.69, 9.17) is 0 Å². The van der Waals surface area contributed by atoms with E-state index in [2.05, 4.69) is 10.6 Å². The van der Waals surface area contributed by atoms with Crippen LogP contribution in [0.2, 0.25) is 0 Å². The predicted molar refractivity (Wildman–Crippen MR) is 119 cm³/mol. The van der Waals surface area contributed by atoms with E-state index in [-0.39, 0.29) is 36.6 Å². The smallest absolute Gasteiger partial charge is 0.254 e. The van der Waals surface area contributed by atoms with Gasteiger partial charge in [0.25, 0.3) is 11.8 Å². The summed E-state index contributed by atoms with van der Waals surface area (Å²) < 4.78 is 25.4. The van der Waals surface area contributed by atoms with Crippen LogP contribution in [0.1, 0.15) is 32.7 Å². The van der Waals surface area contributed by atoms with Gasteiger partial charge in [-0.25, -0.2) is 8.42 Å². The average Bonchev–Trinajstić information content (AvgIpc) is 3.16. The van der Waals surface area contributed by atoms with Crippen molar-refractivity contribution in [2.45, 2.75) is 13.0 Å². The molecule has 0 bridgehead atoms. The molecule has 4 rings (SSSR count). The lowest BCUT2D eigenvalue weighted by Gasteiger charge is -2.26. The molecular formula is C22H24N4O5S. The highest BCUT2D eigenvalue weighted by atomic mass is 32.2. The molecular weight excluding hydrogens is 432 g/mol. The minimum Gasteiger partial charge on any atom is -0.353 e. The Balaban J connectivity index is 1.33. The molecule has 0 saturated carbocycles. The van der Waals surface area contributed by atoms with E-state index < -0.39 is 10.0 Å². The second-order valence-corrected chi connectivity index (χ2v) is 9.76. The van der Waals surface area contributed by atoms with Gasteiger partial charge in [0, 0.05) is 37.3 Å². The fourth-order valence-corrected chi connectivity index (χ4v) is 5.32. The number of anilines is 1. The van der Waals surface area contributed by atoms with Gasteiger partial charge in [-0.3, -0.25) is 18.7 Å². The molecule has 32 heavy (non-hydrogen) atoms. The molecule has 2 aromatic carbocycles. The molecule has 0 aromatic heterocycles. The summed E-state index contributed by atoms with van der Waals surface area (Å²) in [7, 11) is -3.25. The summed E-state index contributed by atoms with van der Waals surface area (Å²) in [4.78, 5) is 37.9. The molecule has 0 radical (unpaired) electrons. The number of piperazine rings is 1. The zero-order chi connectivity index (χ0) is 22.7. The number of carbonyl (C=O) groups is 3. The molecule has 168 valence electrons. The SMILES string of the molecule is O=C1CN(C(=O)c2ccc(CNC(=O)c3ccc(N4CCCS4(=O)=O)cc3)cc2)CCN1. The first kappa shape index (κ1) is 21.8. The maximum atomic E-state index is 12.5. The molecule has 2 aromatic rings. The Morgan fingerprint density at radius 2 is 1.66 bits per heavy atom. The van der Waals surface area contributed by atoms with Gasteiger partial charge in [0.2, 0.25) is 15.9 Å². The molecule has 2 N–H and O–H groups in total. The third-order valence-corrected chi connectivity index (χ3v) is 7.37. The Kier molecular flexibility index (Phi) is 6.13. The van der Waals surface area contributed by atoms with Gasteiger partial charge in [-0.1, -0.05) is 12.1 Å². The van der Waals surface area contributed by atoms with Crippen molar-refractivity contribution < 1.29 is 22.8 Å². The first-order valence-electron chi connectivity index (χ1n) is 10.4. The number of amides is 3. The molecule has 0 aliphatic carbocycles. The normalized spacial score (nSPS) is 17.7. The van der Waals surface area contributed by atoms with Crippen LogP contribution in [0.25, 0.3) is 0 Å². The van der Waals surface area contributed by atoms with Crippen LogP contribution < -0.4 is 14.9 Å². The quantitative estimate of drug-likeness (QED) is 0.688. The maximum Gasteiger partial charge on any atom is 0.254 e. The highest BCUT2D eigenvalue weighted by Crippen LogP contribution is 2.24. The van der Waals surface area contributed by atoms with Crippen LogP contribution in [0.3, 0.4) is 0 Å². The van der Waals surface area contributed by atoms with Crippen molar-refractivity contribution in [3.8, 4) is 0 Å². The predicted octanol–water partition coefficient (Wildman–Crippen LogP) is 0.729. The lowest BCUT2D eigenvalue weighted by Crippen LogP contribution is -2.49. The molecule has 0 atom stereocenters. The monoisotopic (exact) mass is 456 g/mol. The Morgan fingerprint density at radius 1 is 0.969 bits per heavy atom. The first-order valence-corrected chi connectivity index (χ1v) is 12.0. The lowest BCUT2D eigenvalue weighted by molar-refractivity contribution is -0.123.